The average molecular weight is 236 g/mol. The minimum Gasteiger partial charge on any atom is -0.348 e. The number of hydrogen-bond acceptors (Lipinski definition) is 2. The molecular weight excluding hydrogens is 219 g/mol. The Morgan fingerprint density at radius 3 is 3.06 bits per heavy atom. The van der Waals surface area contributed by atoms with Gasteiger partial charge in [-0.05, 0) is 44.0 Å². The monoisotopic (exact) mass is 236 g/mol. The lowest BCUT2D eigenvalue weighted by Crippen LogP contribution is -2.41. The zero-order chi connectivity index (χ0) is 12.3. The van der Waals surface area contributed by atoms with Crippen molar-refractivity contribution in [3.63, 3.8) is 0 Å². The molecule has 3 nitrogen and oxygen atoms in total. The molecule has 92 valence electrons. The quantitative estimate of drug-likeness (QED) is 0.839. The summed E-state index contributed by atoms with van der Waals surface area (Å²) >= 11 is 0. The third kappa shape index (κ3) is 3.03. The van der Waals surface area contributed by atoms with Crippen molar-refractivity contribution in [2.45, 2.75) is 31.8 Å². The summed E-state index contributed by atoms with van der Waals surface area (Å²) in [6, 6.07) is 6.06. The molecule has 1 heterocycles. The lowest BCUT2D eigenvalue weighted by molar-refractivity contribution is -0.123. The van der Waals surface area contributed by atoms with E-state index in [4.69, 9.17) is 0 Å². The first kappa shape index (κ1) is 12.0. The molecule has 1 amide bonds. The Kier molecular flexibility index (Phi) is 3.74. The van der Waals surface area contributed by atoms with Crippen LogP contribution in [-0.2, 0) is 4.79 Å². The van der Waals surface area contributed by atoms with E-state index in [0.717, 1.165) is 24.9 Å². The van der Waals surface area contributed by atoms with E-state index < -0.39 is 0 Å². The Morgan fingerprint density at radius 1 is 1.59 bits per heavy atom. The largest absolute Gasteiger partial charge is 0.348 e. The maximum absolute atomic E-state index is 13.0. The van der Waals surface area contributed by atoms with Gasteiger partial charge in [-0.3, -0.25) is 4.79 Å². The zero-order valence-electron chi connectivity index (χ0n) is 9.87. The molecule has 17 heavy (non-hydrogen) atoms. The molecule has 1 aliphatic heterocycles. The smallest absolute Gasteiger partial charge is 0.237 e. The Morgan fingerprint density at radius 2 is 2.41 bits per heavy atom. The van der Waals surface area contributed by atoms with Gasteiger partial charge >= 0.3 is 0 Å². The fourth-order valence-electron chi connectivity index (χ4n) is 2.08. The molecule has 1 saturated heterocycles. The average Bonchev–Trinajstić information content (AvgIpc) is 2.82. The van der Waals surface area contributed by atoms with Gasteiger partial charge in [0.25, 0.3) is 0 Å². The normalized spacial score (nSPS) is 21.2. The highest BCUT2D eigenvalue weighted by Gasteiger charge is 2.23. The van der Waals surface area contributed by atoms with Gasteiger partial charge in [0.05, 0.1) is 12.1 Å². The third-order valence-electron chi connectivity index (χ3n) is 3.08. The first-order chi connectivity index (χ1) is 8.16. The molecule has 1 fully saturated rings. The van der Waals surface area contributed by atoms with E-state index in [1.165, 1.54) is 12.1 Å². The van der Waals surface area contributed by atoms with Crippen molar-refractivity contribution < 1.29 is 9.18 Å². The van der Waals surface area contributed by atoms with Crippen molar-refractivity contribution in [1.82, 2.24) is 10.6 Å². The van der Waals surface area contributed by atoms with Crippen LogP contribution in [-0.4, -0.2) is 18.5 Å². The second kappa shape index (κ2) is 5.27. The maximum Gasteiger partial charge on any atom is 0.237 e. The Labute approximate surface area is 100 Å². The van der Waals surface area contributed by atoms with Gasteiger partial charge in [0.2, 0.25) is 5.91 Å². The molecule has 2 N–H and O–H groups in total. The molecule has 0 aliphatic carbocycles. The summed E-state index contributed by atoms with van der Waals surface area (Å²) in [5, 5.41) is 6.04. The minimum absolute atomic E-state index is 0.000684. The van der Waals surface area contributed by atoms with Gasteiger partial charge in [-0.1, -0.05) is 12.1 Å². The predicted molar refractivity (Wildman–Crippen MR) is 64.0 cm³/mol. The van der Waals surface area contributed by atoms with Crippen molar-refractivity contribution in [1.29, 1.82) is 0 Å². The molecule has 2 rings (SSSR count). The third-order valence-corrected chi connectivity index (χ3v) is 3.08. The molecular formula is C13H17FN2O. The van der Waals surface area contributed by atoms with Gasteiger partial charge in [0.1, 0.15) is 5.82 Å². The van der Waals surface area contributed by atoms with E-state index in [1.807, 2.05) is 13.0 Å². The van der Waals surface area contributed by atoms with Crippen LogP contribution in [0.5, 0.6) is 0 Å². The van der Waals surface area contributed by atoms with Crippen molar-refractivity contribution in [3.8, 4) is 0 Å². The molecule has 0 unspecified atom stereocenters. The summed E-state index contributed by atoms with van der Waals surface area (Å²) in [4.78, 5) is 11.8. The van der Waals surface area contributed by atoms with E-state index in [0.29, 0.717) is 0 Å². The van der Waals surface area contributed by atoms with Crippen LogP contribution in [0.1, 0.15) is 31.4 Å². The summed E-state index contributed by atoms with van der Waals surface area (Å²) in [5.74, 6) is -0.276. The maximum atomic E-state index is 13.0. The molecule has 0 bridgehead atoms. The van der Waals surface area contributed by atoms with E-state index >= 15 is 0 Å². The van der Waals surface area contributed by atoms with Crippen molar-refractivity contribution >= 4 is 5.91 Å². The standard InChI is InChI=1S/C13H17FN2O/c1-9(10-4-2-5-11(14)8-10)16-13(17)12-6-3-7-15-12/h2,4-5,8-9,12,15H,3,6-7H2,1H3,(H,16,17)/t9-,12+/m1/s1. The summed E-state index contributed by atoms with van der Waals surface area (Å²) in [6.07, 6.45) is 1.91. The van der Waals surface area contributed by atoms with Gasteiger partial charge in [0, 0.05) is 0 Å². The van der Waals surface area contributed by atoms with Crippen LogP contribution < -0.4 is 10.6 Å². The van der Waals surface area contributed by atoms with Gasteiger partial charge in [-0.15, -0.1) is 0 Å². The second-order valence-corrected chi connectivity index (χ2v) is 4.43. The molecule has 0 aromatic heterocycles. The molecule has 0 saturated carbocycles. The number of carbonyl (C=O) groups excluding carboxylic acids is 1. The summed E-state index contributed by atoms with van der Waals surface area (Å²) < 4.78 is 13.0. The Balaban J connectivity index is 1.96. The van der Waals surface area contributed by atoms with Gasteiger partial charge in [-0.25, -0.2) is 4.39 Å². The Hall–Kier alpha value is -1.42. The van der Waals surface area contributed by atoms with E-state index in [1.54, 1.807) is 6.07 Å². The van der Waals surface area contributed by atoms with Crippen LogP contribution in [0.3, 0.4) is 0 Å². The van der Waals surface area contributed by atoms with Gasteiger partial charge in [0.15, 0.2) is 0 Å². The van der Waals surface area contributed by atoms with E-state index in [-0.39, 0.29) is 23.8 Å². The fourth-order valence-corrected chi connectivity index (χ4v) is 2.08. The minimum atomic E-state index is -0.275. The van der Waals surface area contributed by atoms with Crippen LogP contribution in [0.4, 0.5) is 4.39 Å². The van der Waals surface area contributed by atoms with E-state index in [9.17, 15) is 9.18 Å². The molecule has 1 aromatic rings. The molecule has 0 radical (unpaired) electrons. The van der Waals surface area contributed by atoms with Crippen LogP contribution in [0.2, 0.25) is 0 Å². The van der Waals surface area contributed by atoms with Gasteiger partial charge in [-0.2, -0.15) is 0 Å². The number of hydrogen-bond donors (Lipinski definition) is 2. The van der Waals surface area contributed by atoms with Crippen LogP contribution in [0.15, 0.2) is 24.3 Å². The van der Waals surface area contributed by atoms with Gasteiger partial charge < -0.3 is 10.6 Å². The first-order valence-corrected chi connectivity index (χ1v) is 5.96. The molecule has 1 aromatic carbocycles. The molecule has 4 heteroatoms. The SMILES string of the molecule is C[C@@H](NC(=O)[C@@H]1CCCN1)c1cccc(F)c1. The topological polar surface area (TPSA) is 41.1 Å². The van der Waals surface area contributed by atoms with Crippen molar-refractivity contribution in [2.24, 2.45) is 0 Å². The number of carbonyl (C=O) groups is 1. The Bertz CT molecular complexity index is 402. The lowest BCUT2D eigenvalue weighted by atomic mass is 10.1. The highest BCUT2D eigenvalue weighted by atomic mass is 19.1. The first-order valence-electron chi connectivity index (χ1n) is 5.96. The number of halogens is 1. The van der Waals surface area contributed by atoms with Crippen molar-refractivity contribution in [2.75, 3.05) is 6.54 Å². The molecule has 1 aliphatic rings. The molecule has 0 spiro atoms. The van der Waals surface area contributed by atoms with Crippen LogP contribution in [0.25, 0.3) is 0 Å². The van der Waals surface area contributed by atoms with Crippen LogP contribution >= 0.6 is 0 Å². The fraction of sp³-hybridized carbons (Fsp3) is 0.462. The predicted octanol–water partition coefficient (Wildman–Crippen LogP) is 1.75. The van der Waals surface area contributed by atoms with Crippen LogP contribution in [0, 0.1) is 5.82 Å². The summed E-state index contributed by atoms with van der Waals surface area (Å²) in [7, 11) is 0. The number of nitrogens with one attached hydrogen (secondary N) is 2. The summed E-state index contributed by atoms with van der Waals surface area (Å²) in [6.45, 7) is 2.76. The van der Waals surface area contributed by atoms with Crippen molar-refractivity contribution in [3.05, 3.63) is 35.6 Å². The highest BCUT2D eigenvalue weighted by Crippen LogP contribution is 2.14. The summed E-state index contributed by atoms with van der Waals surface area (Å²) in [5.41, 5.74) is 0.788. The van der Waals surface area contributed by atoms with E-state index in [2.05, 4.69) is 10.6 Å². The number of amides is 1. The highest BCUT2D eigenvalue weighted by molar-refractivity contribution is 5.82. The molecule has 2 atom stereocenters. The zero-order valence-corrected chi connectivity index (χ0v) is 9.87. The lowest BCUT2D eigenvalue weighted by Gasteiger charge is -2.17. The second-order valence-electron chi connectivity index (χ2n) is 4.43. The number of benzene rings is 1. The number of rotatable bonds is 3.